The van der Waals surface area contributed by atoms with Gasteiger partial charge in [-0.3, -0.25) is 4.98 Å². The Bertz CT molecular complexity index is 218. The van der Waals surface area contributed by atoms with Gasteiger partial charge in [0.15, 0.2) is 0 Å². The van der Waals surface area contributed by atoms with E-state index in [4.69, 9.17) is 5.73 Å². The number of hydrogen-bond acceptors (Lipinski definition) is 2. The first-order chi connectivity index (χ1) is 4.72. The van der Waals surface area contributed by atoms with E-state index in [1.807, 2.05) is 26.0 Å². The summed E-state index contributed by atoms with van der Waals surface area (Å²) in [5.41, 5.74) is 7.83. The molecule has 0 saturated heterocycles. The lowest BCUT2D eigenvalue weighted by molar-refractivity contribution is 0.799. The molecule has 0 aliphatic carbocycles. The van der Waals surface area contributed by atoms with Crippen molar-refractivity contribution in [3.63, 3.8) is 0 Å². The smallest absolute Gasteiger partial charge is 0.0420 e. The van der Waals surface area contributed by atoms with Gasteiger partial charge < -0.3 is 5.73 Å². The van der Waals surface area contributed by atoms with E-state index in [1.54, 1.807) is 6.20 Å². The summed E-state index contributed by atoms with van der Waals surface area (Å²) in [6.07, 6.45) is 1.78. The summed E-state index contributed by atoms with van der Waals surface area (Å²) in [6, 6.07) is 4.01. The highest BCUT2D eigenvalue weighted by molar-refractivity contribution is 5.20. The number of pyridine rings is 1. The maximum Gasteiger partial charge on any atom is 0.0420 e. The van der Waals surface area contributed by atoms with Gasteiger partial charge in [-0.2, -0.15) is 0 Å². The van der Waals surface area contributed by atoms with Crippen LogP contribution in [0.1, 0.15) is 24.2 Å². The molecule has 1 atom stereocenters. The zero-order chi connectivity index (χ0) is 7.56. The van der Waals surface area contributed by atoms with Crippen molar-refractivity contribution in [2.75, 3.05) is 0 Å². The van der Waals surface area contributed by atoms with Crippen molar-refractivity contribution in [1.29, 1.82) is 0 Å². The molecule has 0 amide bonds. The third-order valence-corrected chi connectivity index (χ3v) is 1.54. The van der Waals surface area contributed by atoms with E-state index in [1.165, 1.54) is 0 Å². The van der Waals surface area contributed by atoms with Crippen molar-refractivity contribution in [3.05, 3.63) is 29.6 Å². The number of aryl methyl sites for hydroxylation is 1. The summed E-state index contributed by atoms with van der Waals surface area (Å²) < 4.78 is 0. The van der Waals surface area contributed by atoms with Crippen molar-refractivity contribution in [2.45, 2.75) is 19.9 Å². The first-order valence-electron chi connectivity index (χ1n) is 3.39. The molecule has 1 rings (SSSR count). The fraction of sp³-hybridized carbons (Fsp3) is 0.375. The van der Waals surface area contributed by atoms with Crippen LogP contribution in [0.2, 0.25) is 0 Å². The standard InChI is InChI=1S/C8H12N2/c1-6(9)8-4-3-5-10-7(8)2/h3-6H,9H2,1-2H3/t6-/m0/s1. The molecule has 1 aromatic rings. The van der Waals surface area contributed by atoms with E-state index in [2.05, 4.69) is 4.98 Å². The summed E-state index contributed by atoms with van der Waals surface area (Å²) in [4.78, 5) is 4.12. The average Bonchev–Trinajstić information content (AvgIpc) is 1.88. The normalized spacial score (nSPS) is 13.1. The quantitative estimate of drug-likeness (QED) is 0.634. The van der Waals surface area contributed by atoms with Crippen molar-refractivity contribution in [2.24, 2.45) is 5.73 Å². The molecule has 10 heavy (non-hydrogen) atoms. The second-order valence-electron chi connectivity index (χ2n) is 2.47. The van der Waals surface area contributed by atoms with Crippen molar-refractivity contribution >= 4 is 0 Å². The van der Waals surface area contributed by atoms with Gasteiger partial charge in [-0.25, -0.2) is 0 Å². The molecule has 1 aromatic heterocycles. The van der Waals surface area contributed by atoms with E-state index < -0.39 is 0 Å². The Balaban J connectivity index is 3.03. The van der Waals surface area contributed by atoms with Gasteiger partial charge in [-0.1, -0.05) is 6.07 Å². The van der Waals surface area contributed by atoms with Gasteiger partial charge in [0.1, 0.15) is 0 Å². The summed E-state index contributed by atoms with van der Waals surface area (Å²) in [7, 11) is 0. The number of rotatable bonds is 1. The lowest BCUT2D eigenvalue weighted by Gasteiger charge is -2.06. The van der Waals surface area contributed by atoms with Gasteiger partial charge in [-0.15, -0.1) is 0 Å². The van der Waals surface area contributed by atoms with E-state index >= 15 is 0 Å². The minimum absolute atomic E-state index is 0.0914. The Kier molecular flexibility index (Phi) is 2.02. The molecule has 0 saturated carbocycles. The molecule has 2 nitrogen and oxygen atoms in total. The van der Waals surface area contributed by atoms with Crippen LogP contribution in [0.4, 0.5) is 0 Å². The average molecular weight is 136 g/mol. The number of aromatic nitrogens is 1. The molecule has 54 valence electrons. The Hall–Kier alpha value is -0.890. The van der Waals surface area contributed by atoms with Crippen molar-refractivity contribution in [3.8, 4) is 0 Å². The molecule has 0 aliphatic rings. The monoisotopic (exact) mass is 136 g/mol. The van der Waals surface area contributed by atoms with E-state index in [0.29, 0.717) is 0 Å². The SMILES string of the molecule is Cc1ncccc1[C@H](C)N. The topological polar surface area (TPSA) is 38.9 Å². The predicted molar refractivity (Wildman–Crippen MR) is 41.6 cm³/mol. The van der Waals surface area contributed by atoms with E-state index in [-0.39, 0.29) is 6.04 Å². The molecule has 0 bridgehead atoms. The molecular weight excluding hydrogens is 124 g/mol. The van der Waals surface area contributed by atoms with Gasteiger partial charge in [0, 0.05) is 17.9 Å². The van der Waals surface area contributed by atoms with E-state index in [9.17, 15) is 0 Å². The first-order valence-corrected chi connectivity index (χ1v) is 3.39. The van der Waals surface area contributed by atoms with Gasteiger partial charge in [-0.05, 0) is 25.5 Å². The van der Waals surface area contributed by atoms with Crippen LogP contribution < -0.4 is 5.73 Å². The van der Waals surface area contributed by atoms with Gasteiger partial charge >= 0.3 is 0 Å². The lowest BCUT2D eigenvalue weighted by Crippen LogP contribution is -2.07. The molecular formula is C8H12N2. The Labute approximate surface area is 61.1 Å². The molecule has 0 spiro atoms. The molecule has 0 aliphatic heterocycles. The Morgan fingerprint density at radius 3 is 2.70 bits per heavy atom. The zero-order valence-corrected chi connectivity index (χ0v) is 6.33. The molecule has 0 unspecified atom stereocenters. The molecule has 2 N–H and O–H groups in total. The highest BCUT2D eigenvalue weighted by Crippen LogP contribution is 2.10. The van der Waals surface area contributed by atoms with Gasteiger partial charge in [0.05, 0.1) is 0 Å². The third-order valence-electron chi connectivity index (χ3n) is 1.54. The van der Waals surface area contributed by atoms with Crippen LogP contribution in [-0.4, -0.2) is 4.98 Å². The van der Waals surface area contributed by atoms with Crippen LogP contribution in [0.25, 0.3) is 0 Å². The maximum absolute atomic E-state index is 5.67. The van der Waals surface area contributed by atoms with Crippen LogP contribution in [0.15, 0.2) is 18.3 Å². The van der Waals surface area contributed by atoms with Gasteiger partial charge in [0.25, 0.3) is 0 Å². The second kappa shape index (κ2) is 2.80. The summed E-state index contributed by atoms with van der Waals surface area (Å²) in [5.74, 6) is 0. The lowest BCUT2D eigenvalue weighted by atomic mass is 10.1. The highest BCUT2D eigenvalue weighted by Gasteiger charge is 2.01. The Morgan fingerprint density at radius 1 is 1.60 bits per heavy atom. The Morgan fingerprint density at radius 2 is 2.30 bits per heavy atom. The van der Waals surface area contributed by atoms with Crippen LogP contribution in [-0.2, 0) is 0 Å². The summed E-state index contributed by atoms with van der Waals surface area (Å²) in [6.45, 7) is 3.93. The third kappa shape index (κ3) is 1.33. The zero-order valence-electron chi connectivity index (χ0n) is 6.33. The largest absolute Gasteiger partial charge is 0.324 e. The fourth-order valence-corrected chi connectivity index (χ4v) is 0.978. The van der Waals surface area contributed by atoms with Crippen LogP contribution in [0.3, 0.4) is 0 Å². The minimum Gasteiger partial charge on any atom is -0.324 e. The molecule has 1 heterocycles. The number of nitrogens with zero attached hydrogens (tertiary/aromatic N) is 1. The molecule has 0 fully saturated rings. The minimum atomic E-state index is 0.0914. The number of nitrogens with two attached hydrogens (primary N) is 1. The van der Waals surface area contributed by atoms with Crippen LogP contribution in [0.5, 0.6) is 0 Å². The van der Waals surface area contributed by atoms with Crippen molar-refractivity contribution in [1.82, 2.24) is 4.98 Å². The van der Waals surface area contributed by atoms with E-state index in [0.717, 1.165) is 11.3 Å². The first kappa shape index (κ1) is 7.22. The van der Waals surface area contributed by atoms with Crippen molar-refractivity contribution < 1.29 is 0 Å². The van der Waals surface area contributed by atoms with Crippen LogP contribution in [0, 0.1) is 6.92 Å². The second-order valence-corrected chi connectivity index (χ2v) is 2.47. The molecule has 0 aromatic carbocycles. The molecule has 0 radical (unpaired) electrons. The summed E-state index contributed by atoms with van der Waals surface area (Å²) in [5, 5.41) is 0. The number of hydrogen-bond donors (Lipinski definition) is 1. The van der Waals surface area contributed by atoms with Gasteiger partial charge in [0.2, 0.25) is 0 Å². The molecule has 2 heteroatoms. The summed E-state index contributed by atoms with van der Waals surface area (Å²) >= 11 is 0. The highest BCUT2D eigenvalue weighted by atomic mass is 14.7. The predicted octanol–water partition coefficient (Wildman–Crippen LogP) is 1.41. The van der Waals surface area contributed by atoms with Crippen LogP contribution >= 0.6 is 0 Å². The maximum atomic E-state index is 5.67. The fourth-order valence-electron chi connectivity index (χ4n) is 0.978.